The molecule has 6 nitrogen and oxygen atoms in total. The Labute approximate surface area is 168 Å². The molecule has 0 aliphatic carbocycles. The lowest BCUT2D eigenvalue weighted by molar-refractivity contribution is 0.102. The lowest BCUT2D eigenvalue weighted by Crippen LogP contribution is -2.23. The molecule has 0 radical (unpaired) electrons. The summed E-state index contributed by atoms with van der Waals surface area (Å²) in [6, 6.07) is 14.2. The van der Waals surface area contributed by atoms with Crippen LogP contribution in [-0.2, 0) is 10.0 Å². The van der Waals surface area contributed by atoms with Gasteiger partial charge in [-0.3, -0.25) is 9.52 Å². The molecule has 2 aromatic rings. The van der Waals surface area contributed by atoms with Crippen molar-refractivity contribution in [2.75, 3.05) is 33.8 Å². The van der Waals surface area contributed by atoms with Gasteiger partial charge in [0.25, 0.3) is 5.91 Å². The Morgan fingerprint density at radius 2 is 1.54 bits per heavy atom. The summed E-state index contributed by atoms with van der Waals surface area (Å²) in [4.78, 5) is 14.8. The van der Waals surface area contributed by atoms with Crippen molar-refractivity contribution < 1.29 is 13.2 Å². The van der Waals surface area contributed by atoms with Crippen LogP contribution >= 0.6 is 0 Å². The van der Waals surface area contributed by atoms with Crippen LogP contribution in [-0.4, -0.2) is 33.2 Å². The van der Waals surface area contributed by atoms with Crippen molar-refractivity contribution in [3.05, 3.63) is 54.1 Å². The van der Waals surface area contributed by atoms with Gasteiger partial charge in [-0.15, -0.1) is 0 Å². The molecule has 0 atom stereocenters. The van der Waals surface area contributed by atoms with Crippen molar-refractivity contribution in [3.63, 3.8) is 0 Å². The maximum Gasteiger partial charge on any atom is 0.255 e. The molecular formula is C21H29N3O3S. The van der Waals surface area contributed by atoms with Crippen LogP contribution < -0.4 is 14.9 Å². The fourth-order valence-electron chi connectivity index (χ4n) is 2.72. The van der Waals surface area contributed by atoms with Gasteiger partial charge in [0, 0.05) is 35.7 Å². The highest BCUT2D eigenvalue weighted by atomic mass is 32.2. The Morgan fingerprint density at radius 1 is 0.929 bits per heavy atom. The predicted octanol–water partition coefficient (Wildman–Crippen LogP) is 4.33. The highest BCUT2D eigenvalue weighted by molar-refractivity contribution is 7.92. The lowest BCUT2D eigenvalue weighted by Gasteiger charge is -2.23. The molecule has 28 heavy (non-hydrogen) atoms. The van der Waals surface area contributed by atoms with E-state index in [1.165, 1.54) is 0 Å². The summed E-state index contributed by atoms with van der Waals surface area (Å²) >= 11 is 0. The average molecular weight is 404 g/mol. The van der Waals surface area contributed by atoms with Crippen LogP contribution in [0.1, 0.15) is 44.0 Å². The van der Waals surface area contributed by atoms with Crippen molar-refractivity contribution in [1.82, 2.24) is 0 Å². The van der Waals surface area contributed by atoms with Crippen molar-refractivity contribution in [2.24, 2.45) is 0 Å². The minimum absolute atomic E-state index is 0.00931. The van der Waals surface area contributed by atoms with Crippen molar-refractivity contribution in [1.29, 1.82) is 0 Å². The second kappa shape index (κ2) is 10.1. The van der Waals surface area contributed by atoms with E-state index in [2.05, 4.69) is 28.8 Å². The zero-order valence-corrected chi connectivity index (χ0v) is 17.6. The molecule has 0 unspecified atom stereocenters. The molecule has 0 heterocycles. The fourth-order valence-corrected chi connectivity index (χ4v) is 3.36. The Hall–Kier alpha value is -2.54. The summed E-state index contributed by atoms with van der Waals surface area (Å²) < 4.78 is 25.6. The fraction of sp³-hybridized carbons (Fsp3) is 0.381. The summed E-state index contributed by atoms with van der Waals surface area (Å²) in [7, 11) is -3.31. The first-order chi connectivity index (χ1) is 13.4. The van der Waals surface area contributed by atoms with Crippen LogP contribution in [0.15, 0.2) is 48.5 Å². The number of anilines is 3. The number of amides is 1. The van der Waals surface area contributed by atoms with Crippen molar-refractivity contribution >= 4 is 33.0 Å². The molecule has 0 saturated carbocycles. The smallest absolute Gasteiger partial charge is 0.255 e. The van der Waals surface area contributed by atoms with Crippen LogP contribution in [0, 0.1) is 0 Å². The van der Waals surface area contributed by atoms with Gasteiger partial charge in [0.15, 0.2) is 0 Å². The van der Waals surface area contributed by atoms with Gasteiger partial charge in [-0.25, -0.2) is 8.42 Å². The summed E-state index contributed by atoms with van der Waals surface area (Å²) in [5, 5.41) is 2.83. The van der Waals surface area contributed by atoms with E-state index in [9.17, 15) is 13.2 Å². The van der Waals surface area contributed by atoms with Crippen LogP contribution in [0.3, 0.4) is 0 Å². The number of carbonyl (C=O) groups excluding carboxylic acids is 1. The van der Waals surface area contributed by atoms with Crippen LogP contribution in [0.5, 0.6) is 0 Å². The first-order valence-corrected chi connectivity index (χ1v) is 11.3. The monoisotopic (exact) mass is 403 g/mol. The SMILES string of the molecule is CCCCN(CC)c1ccc(C(=O)Nc2ccc(NS(=O)(=O)CC)cc2)cc1. The van der Waals surface area contributed by atoms with E-state index in [0.717, 1.165) is 31.6 Å². The molecule has 0 aliphatic heterocycles. The summed E-state index contributed by atoms with van der Waals surface area (Å²) in [6.07, 6.45) is 2.29. The Balaban J connectivity index is 2.00. The molecule has 0 aliphatic rings. The van der Waals surface area contributed by atoms with Crippen LogP contribution in [0.25, 0.3) is 0 Å². The first kappa shape index (κ1) is 21.8. The van der Waals surface area contributed by atoms with Gasteiger partial charge in [0.05, 0.1) is 5.75 Å². The van der Waals surface area contributed by atoms with E-state index >= 15 is 0 Å². The van der Waals surface area contributed by atoms with Gasteiger partial charge in [-0.2, -0.15) is 0 Å². The van der Waals surface area contributed by atoms with E-state index in [0.29, 0.717) is 16.9 Å². The first-order valence-electron chi connectivity index (χ1n) is 9.65. The predicted molar refractivity (Wildman–Crippen MR) is 117 cm³/mol. The van der Waals surface area contributed by atoms with E-state index < -0.39 is 10.0 Å². The Kier molecular flexibility index (Phi) is 7.87. The molecule has 2 aromatic carbocycles. The van der Waals surface area contributed by atoms with E-state index in [1.807, 2.05) is 24.3 Å². The summed E-state index contributed by atoms with van der Waals surface area (Å²) in [5.74, 6) is -0.194. The molecule has 0 saturated heterocycles. The third-order valence-corrected chi connectivity index (χ3v) is 5.76. The molecule has 152 valence electrons. The van der Waals surface area contributed by atoms with Crippen LogP contribution in [0.2, 0.25) is 0 Å². The minimum Gasteiger partial charge on any atom is -0.372 e. The third kappa shape index (κ3) is 6.27. The van der Waals surface area contributed by atoms with E-state index in [-0.39, 0.29) is 11.7 Å². The number of sulfonamides is 1. The highest BCUT2D eigenvalue weighted by Crippen LogP contribution is 2.18. The van der Waals surface area contributed by atoms with E-state index in [1.54, 1.807) is 31.2 Å². The van der Waals surface area contributed by atoms with Crippen molar-refractivity contribution in [3.8, 4) is 0 Å². The molecule has 0 spiro atoms. The Morgan fingerprint density at radius 3 is 2.07 bits per heavy atom. The quantitative estimate of drug-likeness (QED) is 0.619. The number of hydrogen-bond donors (Lipinski definition) is 2. The molecule has 2 rings (SSSR count). The maximum absolute atomic E-state index is 12.5. The largest absolute Gasteiger partial charge is 0.372 e. The van der Waals surface area contributed by atoms with Crippen LogP contribution in [0.4, 0.5) is 17.1 Å². The maximum atomic E-state index is 12.5. The number of hydrogen-bond acceptors (Lipinski definition) is 4. The van der Waals surface area contributed by atoms with Gasteiger partial charge in [-0.05, 0) is 68.8 Å². The van der Waals surface area contributed by atoms with Gasteiger partial charge >= 0.3 is 0 Å². The molecule has 7 heteroatoms. The van der Waals surface area contributed by atoms with E-state index in [4.69, 9.17) is 0 Å². The lowest BCUT2D eigenvalue weighted by atomic mass is 10.1. The number of benzene rings is 2. The average Bonchev–Trinajstić information content (AvgIpc) is 2.70. The highest BCUT2D eigenvalue weighted by Gasteiger charge is 2.10. The summed E-state index contributed by atoms with van der Waals surface area (Å²) in [5.41, 5.74) is 2.76. The molecule has 2 N–H and O–H groups in total. The van der Waals surface area contributed by atoms with Gasteiger partial charge in [0.2, 0.25) is 10.0 Å². The third-order valence-electron chi connectivity index (χ3n) is 4.45. The zero-order valence-electron chi connectivity index (χ0n) is 16.7. The molecule has 0 aromatic heterocycles. The number of carbonyl (C=O) groups is 1. The molecule has 0 fully saturated rings. The second-order valence-corrected chi connectivity index (χ2v) is 8.53. The number of nitrogens with one attached hydrogen (secondary N) is 2. The topological polar surface area (TPSA) is 78.5 Å². The normalized spacial score (nSPS) is 11.1. The molecule has 1 amide bonds. The van der Waals surface area contributed by atoms with Gasteiger partial charge < -0.3 is 10.2 Å². The molecular weight excluding hydrogens is 374 g/mol. The van der Waals surface area contributed by atoms with Gasteiger partial charge in [0.1, 0.15) is 0 Å². The minimum atomic E-state index is -3.31. The van der Waals surface area contributed by atoms with Gasteiger partial charge in [-0.1, -0.05) is 13.3 Å². The molecule has 0 bridgehead atoms. The number of unbranched alkanes of at least 4 members (excludes halogenated alkanes) is 1. The Bertz CT molecular complexity index is 863. The second-order valence-electron chi connectivity index (χ2n) is 6.52. The number of nitrogens with zero attached hydrogens (tertiary/aromatic N) is 1. The standard InChI is InChI=1S/C21H29N3O3S/c1-4-7-16-24(5-2)20-14-8-17(9-15-20)21(25)22-18-10-12-19(13-11-18)23-28(26,27)6-3/h8-15,23H,4-7,16H2,1-3H3,(H,22,25). The zero-order chi connectivity index (χ0) is 20.6. The summed E-state index contributed by atoms with van der Waals surface area (Å²) in [6.45, 7) is 7.81. The van der Waals surface area contributed by atoms with Crippen molar-refractivity contribution in [2.45, 2.75) is 33.6 Å². The number of rotatable bonds is 10.